The van der Waals surface area contributed by atoms with E-state index in [2.05, 4.69) is 47.8 Å². The molecule has 0 fully saturated rings. The second-order valence-electron chi connectivity index (χ2n) is 5.33. The summed E-state index contributed by atoms with van der Waals surface area (Å²) in [5, 5.41) is 11.5. The Kier molecular flexibility index (Phi) is 5.33. The molecule has 4 nitrogen and oxygen atoms in total. The molecule has 0 amide bonds. The molecule has 0 aliphatic rings. The van der Waals surface area contributed by atoms with Gasteiger partial charge in [-0.15, -0.1) is 0 Å². The van der Waals surface area contributed by atoms with E-state index in [4.69, 9.17) is 12.2 Å². The molecule has 0 spiro atoms. The number of rotatable bonds is 5. The topological polar surface area (TPSA) is 41.9 Å². The van der Waals surface area contributed by atoms with Crippen LogP contribution in [0.4, 0.5) is 5.69 Å². The number of benzene rings is 1. The third kappa shape index (κ3) is 5.19. The van der Waals surface area contributed by atoms with Crippen molar-refractivity contribution in [2.24, 2.45) is 0 Å². The van der Waals surface area contributed by atoms with E-state index in [1.54, 1.807) is 0 Å². The van der Waals surface area contributed by atoms with Crippen molar-refractivity contribution >= 4 is 23.0 Å². The maximum absolute atomic E-state index is 5.31. The Morgan fingerprint density at radius 1 is 1.19 bits per heavy atom. The zero-order chi connectivity index (χ0) is 15.2. The van der Waals surface area contributed by atoms with Gasteiger partial charge < -0.3 is 10.6 Å². The highest BCUT2D eigenvalue weighted by Gasteiger charge is 2.00. The number of thiocarbonyl (C=S) groups is 1. The molecule has 0 aliphatic carbocycles. The molecular weight excluding hydrogens is 280 g/mol. The van der Waals surface area contributed by atoms with Gasteiger partial charge >= 0.3 is 0 Å². The largest absolute Gasteiger partial charge is 0.362 e. The average Bonchev–Trinajstić information content (AvgIpc) is 2.79. The molecule has 0 radical (unpaired) electrons. The predicted octanol–water partition coefficient (Wildman–Crippen LogP) is 3.19. The Bertz CT molecular complexity index is 598. The number of anilines is 1. The van der Waals surface area contributed by atoms with E-state index >= 15 is 0 Å². The Morgan fingerprint density at radius 2 is 1.90 bits per heavy atom. The fraction of sp³-hybridized carbons (Fsp3) is 0.375. The molecule has 2 N–H and O–H groups in total. The lowest BCUT2D eigenvalue weighted by Gasteiger charge is -2.11. The van der Waals surface area contributed by atoms with Gasteiger partial charge in [-0.1, -0.05) is 6.07 Å². The van der Waals surface area contributed by atoms with Crippen LogP contribution in [0.2, 0.25) is 0 Å². The second-order valence-corrected chi connectivity index (χ2v) is 5.74. The number of aryl methyl sites for hydroxylation is 4. The van der Waals surface area contributed by atoms with Gasteiger partial charge in [0.1, 0.15) is 0 Å². The van der Waals surface area contributed by atoms with Crippen LogP contribution in [0.3, 0.4) is 0 Å². The van der Waals surface area contributed by atoms with E-state index in [0.717, 1.165) is 30.9 Å². The molecule has 0 saturated carbocycles. The number of nitrogens with one attached hydrogen (secondary N) is 2. The van der Waals surface area contributed by atoms with Crippen molar-refractivity contribution in [3.8, 4) is 0 Å². The minimum atomic E-state index is 0.664. The summed E-state index contributed by atoms with van der Waals surface area (Å²) in [5.74, 6) is 0. The standard InChI is InChI=1S/C16H22N4S/c1-12-9-13(2)11-15(10-12)18-16(21)17-6-4-7-20-8-5-14(3)19-20/h5,8-11H,4,6-7H2,1-3H3,(H2,17,18,21). The summed E-state index contributed by atoms with van der Waals surface area (Å²) in [5.41, 5.74) is 4.55. The molecule has 5 heteroatoms. The molecule has 1 aromatic carbocycles. The Labute approximate surface area is 131 Å². The highest BCUT2D eigenvalue weighted by Crippen LogP contribution is 2.13. The predicted molar refractivity (Wildman–Crippen MR) is 91.7 cm³/mol. The molecule has 1 heterocycles. The monoisotopic (exact) mass is 302 g/mol. The van der Waals surface area contributed by atoms with Crippen molar-refractivity contribution in [2.45, 2.75) is 33.7 Å². The first-order valence-electron chi connectivity index (χ1n) is 7.16. The molecule has 1 aromatic heterocycles. The van der Waals surface area contributed by atoms with Crippen molar-refractivity contribution in [1.29, 1.82) is 0 Å². The first kappa shape index (κ1) is 15.5. The zero-order valence-corrected chi connectivity index (χ0v) is 13.6. The van der Waals surface area contributed by atoms with Crippen LogP contribution in [0.1, 0.15) is 23.2 Å². The van der Waals surface area contributed by atoms with Gasteiger partial charge in [0, 0.05) is 25.0 Å². The van der Waals surface area contributed by atoms with Gasteiger partial charge in [-0.2, -0.15) is 5.10 Å². The highest BCUT2D eigenvalue weighted by molar-refractivity contribution is 7.80. The third-order valence-corrected chi connectivity index (χ3v) is 3.35. The van der Waals surface area contributed by atoms with Crippen LogP contribution >= 0.6 is 12.2 Å². The Balaban J connectivity index is 1.72. The van der Waals surface area contributed by atoms with Crippen molar-refractivity contribution in [2.75, 3.05) is 11.9 Å². The SMILES string of the molecule is Cc1cc(C)cc(NC(=S)NCCCn2ccc(C)n2)c1. The molecule has 0 saturated heterocycles. The van der Waals surface area contributed by atoms with Gasteiger partial charge in [0.15, 0.2) is 5.11 Å². The van der Waals surface area contributed by atoms with Gasteiger partial charge in [0.05, 0.1) is 5.69 Å². The molecule has 0 aliphatic heterocycles. The first-order valence-corrected chi connectivity index (χ1v) is 7.57. The summed E-state index contributed by atoms with van der Waals surface area (Å²) < 4.78 is 1.96. The fourth-order valence-corrected chi connectivity index (χ4v) is 2.47. The molecule has 2 rings (SSSR count). The summed E-state index contributed by atoms with van der Waals surface area (Å²) >= 11 is 5.31. The lowest BCUT2D eigenvalue weighted by Crippen LogP contribution is -2.29. The van der Waals surface area contributed by atoms with E-state index < -0.39 is 0 Å². The van der Waals surface area contributed by atoms with Crippen molar-refractivity contribution in [3.05, 3.63) is 47.3 Å². The summed E-state index contributed by atoms with van der Waals surface area (Å²) in [6.07, 6.45) is 2.98. The molecule has 112 valence electrons. The van der Waals surface area contributed by atoms with Crippen molar-refractivity contribution in [3.63, 3.8) is 0 Å². The zero-order valence-electron chi connectivity index (χ0n) is 12.8. The molecule has 21 heavy (non-hydrogen) atoms. The van der Waals surface area contributed by atoms with E-state index in [0.29, 0.717) is 5.11 Å². The van der Waals surface area contributed by atoms with Crippen LogP contribution in [-0.2, 0) is 6.54 Å². The fourth-order valence-electron chi connectivity index (χ4n) is 2.25. The number of hydrogen-bond donors (Lipinski definition) is 2. The minimum Gasteiger partial charge on any atom is -0.362 e. The van der Waals surface area contributed by atoms with Crippen LogP contribution in [-0.4, -0.2) is 21.4 Å². The summed E-state index contributed by atoms with van der Waals surface area (Å²) in [4.78, 5) is 0. The summed E-state index contributed by atoms with van der Waals surface area (Å²) in [7, 11) is 0. The third-order valence-electron chi connectivity index (χ3n) is 3.10. The first-order chi connectivity index (χ1) is 10.0. The second kappa shape index (κ2) is 7.22. The Morgan fingerprint density at radius 3 is 2.52 bits per heavy atom. The summed E-state index contributed by atoms with van der Waals surface area (Å²) in [6, 6.07) is 8.34. The lowest BCUT2D eigenvalue weighted by molar-refractivity contribution is 0.570. The van der Waals surface area contributed by atoms with Crippen LogP contribution < -0.4 is 10.6 Å². The molecule has 0 unspecified atom stereocenters. The van der Waals surface area contributed by atoms with E-state index in [1.807, 2.05) is 23.9 Å². The van der Waals surface area contributed by atoms with Gasteiger partial charge in [0.25, 0.3) is 0 Å². The van der Waals surface area contributed by atoms with Crippen LogP contribution in [0, 0.1) is 20.8 Å². The van der Waals surface area contributed by atoms with E-state index in [9.17, 15) is 0 Å². The average molecular weight is 302 g/mol. The molecule has 0 bridgehead atoms. The van der Waals surface area contributed by atoms with Crippen LogP contribution in [0.25, 0.3) is 0 Å². The minimum absolute atomic E-state index is 0.664. The maximum atomic E-state index is 5.31. The highest BCUT2D eigenvalue weighted by atomic mass is 32.1. The van der Waals surface area contributed by atoms with Gasteiger partial charge in [-0.3, -0.25) is 4.68 Å². The van der Waals surface area contributed by atoms with Gasteiger partial charge in [-0.05, 0) is 68.7 Å². The number of hydrogen-bond acceptors (Lipinski definition) is 2. The number of aromatic nitrogens is 2. The van der Waals surface area contributed by atoms with Crippen LogP contribution in [0.5, 0.6) is 0 Å². The molecular formula is C16H22N4S. The molecule has 2 aromatic rings. The number of nitrogens with zero attached hydrogens (tertiary/aromatic N) is 2. The van der Waals surface area contributed by atoms with Gasteiger partial charge in [-0.25, -0.2) is 0 Å². The van der Waals surface area contributed by atoms with Gasteiger partial charge in [0.2, 0.25) is 0 Å². The van der Waals surface area contributed by atoms with Crippen LogP contribution in [0.15, 0.2) is 30.5 Å². The molecule has 0 atom stereocenters. The van der Waals surface area contributed by atoms with Crippen molar-refractivity contribution < 1.29 is 0 Å². The smallest absolute Gasteiger partial charge is 0.170 e. The lowest BCUT2D eigenvalue weighted by atomic mass is 10.1. The summed E-state index contributed by atoms with van der Waals surface area (Å²) in [6.45, 7) is 7.89. The van der Waals surface area contributed by atoms with E-state index in [1.165, 1.54) is 11.1 Å². The Hall–Kier alpha value is -1.88. The maximum Gasteiger partial charge on any atom is 0.170 e. The quantitative estimate of drug-likeness (QED) is 0.657. The van der Waals surface area contributed by atoms with Crippen molar-refractivity contribution in [1.82, 2.24) is 15.1 Å². The van der Waals surface area contributed by atoms with E-state index in [-0.39, 0.29) is 0 Å². The normalized spacial score (nSPS) is 10.4.